The van der Waals surface area contributed by atoms with Crippen LogP contribution in [0.25, 0.3) is 0 Å². The predicted octanol–water partition coefficient (Wildman–Crippen LogP) is 2.99. The van der Waals surface area contributed by atoms with Crippen molar-refractivity contribution in [2.75, 3.05) is 40.1 Å². The Bertz CT molecular complexity index is 503. The van der Waals surface area contributed by atoms with Crippen molar-refractivity contribution >= 4 is 53.0 Å². The molecule has 2 rings (SSSR count). The van der Waals surface area contributed by atoms with Gasteiger partial charge < -0.3 is 15.0 Å². The Balaban J connectivity index is 0.00000264. The normalized spacial score (nSPS) is 17.5. The number of nitrogens with zero attached hydrogens (tertiary/aromatic N) is 3. The topological polar surface area (TPSA) is 49.8 Å². The van der Waals surface area contributed by atoms with Gasteiger partial charge >= 0.3 is 0 Å². The van der Waals surface area contributed by atoms with Gasteiger partial charge in [0.15, 0.2) is 5.96 Å². The van der Waals surface area contributed by atoms with Gasteiger partial charge in [-0.15, -0.1) is 35.3 Å². The Hall–Kier alpha value is -0.0600. The summed E-state index contributed by atoms with van der Waals surface area (Å²) in [7, 11) is 3.89. The van der Waals surface area contributed by atoms with Crippen molar-refractivity contribution in [2.45, 2.75) is 31.1 Å². The molecule has 1 fully saturated rings. The maximum Gasteiger partial charge on any atom is 0.193 e. The lowest BCUT2D eigenvalue weighted by molar-refractivity contribution is 0.0781. The number of aromatic nitrogens is 1. The molecule has 1 aliphatic rings. The average Bonchev–Trinajstić information content (AvgIpc) is 2.94. The Morgan fingerprint density at radius 2 is 2.22 bits per heavy atom. The van der Waals surface area contributed by atoms with Crippen molar-refractivity contribution in [1.29, 1.82) is 0 Å². The molecule has 1 saturated heterocycles. The van der Waals surface area contributed by atoms with Crippen LogP contribution in [0.15, 0.2) is 10.4 Å². The van der Waals surface area contributed by atoms with E-state index in [1.807, 2.05) is 25.7 Å². The van der Waals surface area contributed by atoms with Gasteiger partial charge in [0, 0.05) is 44.0 Å². The second-order valence-corrected chi connectivity index (χ2v) is 7.95. The number of aryl methyl sites for hydroxylation is 1. The molecule has 2 heterocycles. The molecule has 0 aliphatic carbocycles. The number of thiazole rings is 1. The minimum atomic E-state index is 0. The zero-order valence-corrected chi connectivity index (χ0v) is 18.3. The van der Waals surface area contributed by atoms with E-state index in [0.717, 1.165) is 55.8 Å². The number of nitrogens with one attached hydrogen (secondary N) is 1. The van der Waals surface area contributed by atoms with E-state index < -0.39 is 0 Å². The third-order valence-electron chi connectivity index (χ3n) is 4.04. The van der Waals surface area contributed by atoms with Gasteiger partial charge in [0.1, 0.15) is 0 Å². The van der Waals surface area contributed by atoms with Crippen molar-refractivity contribution in [2.24, 2.45) is 4.99 Å². The highest BCUT2D eigenvalue weighted by Crippen LogP contribution is 2.33. The van der Waals surface area contributed by atoms with Crippen molar-refractivity contribution < 1.29 is 4.74 Å². The van der Waals surface area contributed by atoms with E-state index in [0.29, 0.717) is 0 Å². The third kappa shape index (κ3) is 6.06. The highest BCUT2D eigenvalue weighted by atomic mass is 127. The van der Waals surface area contributed by atoms with Gasteiger partial charge in [0.05, 0.1) is 17.2 Å². The molecule has 1 aromatic heterocycles. The van der Waals surface area contributed by atoms with Crippen LogP contribution in [0, 0.1) is 6.92 Å². The molecule has 1 aromatic rings. The van der Waals surface area contributed by atoms with Gasteiger partial charge in [-0.05, 0) is 26.0 Å². The van der Waals surface area contributed by atoms with Gasteiger partial charge in [-0.3, -0.25) is 4.99 Å². The van der Waals surface area contributed by atoms with Crippen LogP contribution in [0.3, 0.4) is 0 Å². The summed E-state index contributed by atoms with van der Waals surface area (Å²) in [6.45, 7) is 5.45. The lowest BCUT2D eigenvalue weighted by Gasteiger charge is -2.36. The summed E-state index contributed by atoms with van der Waals surface area (Å²) in [4.78, 5) is 11.1. The zero-order chi connectivity index (χ0) is 16.0. The largest absolute Gasteiger partial charge is 0.381 e. The summed E-state index contributed by atoms with van der Waals surface area (Å²) in [6.07, 6.45) is 4.37. The van der Waals surface area contributed by atoms with Crippen LogP contribution < -0.4 is 5.32 Å². The smallest absolute Gasteiger partial charge is 0.193 e. The third-order valence-corrected chi connectivity index (χ3v) is 6.29. The molecule has 1 N–H and O–H groups in total. The van der Waals surface area contributed by atoms with Crippen LogP contribution in [-0.4, -0.2) is 60.7 Å². The Kier molecular flexibility index (Phi) is 9.17. The molecular weight excluding hydrogens is 443 g/mol. The second-order valence-electron chi connectivity index (χ2n) is 5.61. The van der Waals surface area contributed by atoms with E-state index >= 15 is 0 Å². The minimum absolute atomic E-state index is 0. The lowest BCUT2D eigenvalue weighted by atomic mass is 9.99. The zero-order valence-electron chi connectivity index (χ0n) is 14.3. The van der Waals surface area contributed by atoms with Gasteiger partial charge in [-0.25, -0.2) is 4.98 Å². The van der Waals surface area contributed by atoms with Gasteiger partial charge in [0.25, 0.3) is 0 Å². The maximum absolute atomic E-state index is 5.50. The Morgan fingerprint density at radius 1 is 1.52 bits per heavy atom. The molecule has 0 unspecified atom stereocenters. The van der Waals surface area contributed by atoms with Crippen LogP contribution in [0.4, 0.5) is 0 Å². The van der Waals surface area contributed by atoms with Crippen LogP contribution in [0.1, 0.15) is 23.5 Å². The fraction of sp³-hybridized carbons (Fsp3) is 0.733. The molecule has 0 aromatic carbocycles. The molecule has 0 spiro atoms. The number of halogens is 1. The van der Waals surface area contributed by atoms with E-state index in [1.165, 1.54) is 0 Å². The molecule has 5 nitrogen and oxygen atoms in total. The molecule has 1 aliphatic heterocycles. The van der Waals surface area contributed by atoms with Gasteiger partial charge in [0.2, 0.25) is 0 Å². The highest BCUT2D eigenvalue weighted by molar-refractivity contribution is 14.0. The molecule has 8 heteroatoms. The molecule has 132 valence electrons. The molecule has 0 radical (unpaired) electrons. The second kappa shape index (κ2) is 10.0. The van der Waals surface area contributed by atoms with Crippen LogP contribution in [-0.2, 0) is 11.3 Å². The number of ether oxygens (including phenoxy) is 1. The predicted molar refractivity (Wildman–Crippen MR) is 111 cm³/mol. The van der Waals surface area contributed by atoms with E-state index in [-0.39, 0.29) is 28.7 Å². The number of thioether (sulfide) groups is 1. The molecule has 0 amide bonds. The Labute approximate surface area is 164 Å². The summed E-state index contributed by atoms with van der Waals surface area (Å²) >= 11 is 3.63. The lowest BCUT2D eigenvalue weighted by Crippen LogP contribution is -2.48. The average molecular weight is 470 g/mol. The first-order valence-corrected chi connectivity index (χ1v) is 9.65. The first-order chi connectivity index (χ1) is 10.6. The number of aliphatic imine (C=N–C) groups is 1. The maximum atomic E-state index is 5.50. The number of hydrogen-bond donors (Lipinski definition) is 1. The summed E-state index contributed by atoms with van der Waals surface area (Å²) in [6, 6.07) is 0. The molecule has 0 atom stereocenters. The molecule has 0 bridgehead atoms. The van der Waals surface area contributed by atoms with E-state index in [9.17, 15) is 0 Å². The van der Waals surface area contributed by atoms with Crippen LogP contribution in [0.5, 0.6) is 0 Å². The fourth-order valence-electron chi connectivity index (χ4n) is 2.62. The van der Waals surface area contributed by atoms with E-state index in [2.05, 4.69) is 38.9 Å². The number of rotatable bonds is 5. The molecule has 0 saturated carbocycles. The van der Waals surface area contributed by atoms with Crippen molar-refractivity contribution in [3.63, 3.8) is 0 Å². The highest BCUT2D eigenvalue weighted by Gasteiger charge is 2.32. The quantitative estimate of drug-likeness (QED) is 0.408. The Morgan fingerprint density at radius 3 is 2.74 bits per heavy atom. The van der Waals surface area contributed by atoms with E-state index in [1.54, 1.807) is 11.3 Å². The standard InChI is InChI=1S/C15H26N4OS2.HI/c1-12-18-13(10-22-12)9-19(3)14(16-2)17-11-15(21-4)5-7-20-8-6-15;/h10H,5-9,11H2,1-4H3,(H,16,17);1H. The fourth-order valence-corrected chi connectivity index (χ4v) is 4.02. The first kappa shape index (κ1) is 21.0. The summed E-state index contributed by atoms with van der Waals surface area (Å²) < 4.78 is 5.76. The number of hydrogen-bond acceptors (Lipinski definition) is 5. The van der Waals surface area contributed by atoms with Gasteiger partial charge in [-0.2, -0.15) is 11.8 Å². The summed E-state index contributed by atoms with van der Waals surface area (Å²) in [5, 5.41) is 6.75. The molecular formula is C15H27IN4OS2. The molecule has 23 heavy (non-hydrogen) atoms. The summed E-state index contributed by atoms with van der Waals surface area (Å²) in [5.41, 5.74) is 1.10. The van der Waals surface area contributed by atoms with Crippen molar-refractivity contribution in [3.05, 3.63) is 16.1 Å². The summed E-state index contributed by atoms with van der Waals surface area (Å²) in [5.74, 6) is 0.922. The van der Waals surface area contributed by atoms with Crippen molar-refractivity contribution in [3.8, 4) is 0 Å². The SMILES string of the molecule is CN=C(NCC1(SC)CCOCC1)N(C)Cc1csc(C)n1.I. The monoisotopic (exact) mass is 470 g/mol. The van der Waals surface area contributed by atoms with Gasteiger partial charge in [-0.1, -0.05) is 0 Å². The van der Waals surface area contributed by atoms with E-state index in [4.69, 9.17) is 4.74 Å². The van der Waals surface area contributed by atoms with Crippen molar-refractivity contribution in [1.82, 2.24) is 15.2 Å². The van der Waals surface area contributed by atoms with Crippen LogP contribution in [0.2, 0.25) is 0 Å². The van der Waals surface area contributed by atoms with Crippen LogP contribution >= 0.6 is 47.1 Å². The number of guanidine groups is 1. The first-order valence-electron chi connectivity index (χ1n) is 7.54. The minimum Gasteiger partial charge on any atom is -0.381 e.